The first-order chi connectivity index (χ1) is 9.83. The fraction of sp³-hybridized carbons (Fsp3) is 0.167. The number of hydrogen-bond acceptors (Lipinski definition) is 5. The molecule has 0 radical (unpaired) electrons. The van der Waals surface area contributed by atoms with E-state index in [-0.39, 0.29) is 0 Å². The number of nitrogens with one attached hydrogen (secondary N) is 1. The van der Waals surface area contributed by atoms with Gasteiger partial charge in [0.25, 0.3) is 0 Å². The summed E-state index contributed by atoms with van der Waals surface area (Å²) in [5.41, 5.74) is -1.09. The molecule has 0 fully saturated rings. The zero-order valence-corrected chi connectivity index (χ0v) is 11.6. The number of hydrogen-bond donors (Lipinski definition) is 1. The first kappa shape index (κ1) is 15.1. The van der Waals surface area contributed by atoms with Crippen LogP contribution >= 0.6 is 0 Å². The molecule has 1 atom stereocenters. The molecule has 2 aromatic rings. The topological polar surface area (TPSA) is 102 Å². The van der Waals surface area contributed by atoms with Crippen molar-refractivity contribution in [1.82, 2.24) is 4.72 Å². The molecule has 0 spiro atoms. The summed E-state index contributed by atoms with van der Waals surface area (Å²) in [6, 6.07) is 5.26. The average Bonchev–Trinajstić information content (AvgIpc) is 2.91. The van der Waals surface area contributed by atoms with Crippen LogP contribution in [0.15, 0.2) is 45.9 Å². The van der Waals surface area contributed by atoms with E-state index < -0.39 is 37.4 Å². The van der Waals surface area contributed by atoms with Gasteiger partial charge >= 0.3 is 5.69 Å². The van der Waals surface area contributed by atoms with Crippen molar-refractivity contribution in [2.24, 2.45) is 0 Å². The van der Waals surface area contributed by atoms with Crippen molar-refractivity contribution in [3.63, 3.8) is 0 Å². The first-order valence-corrected chi connectivity index (χ1v) is 7.30. The van der Waals surface area contributed by atoms with E-state index in [1.165, 1.54) is 13.2 Å². The lowest BCUT2D eigenvalue weighted by Crippen LogP contribution is -2.27. The van der Waals surface area contributed by atoms with E-state index in [1.807, 2.05) is 0 Å². The largest absolute Gasteiger partial charge is 0.468 e. The minimum atomic E-state index is -4.28. The van der Waals surface area contributed by atoms with Crippen molar-refractivity contribution < 1.29 is 22.1 Å². The van der Waals surface area contributed by atoms with Crippen LogP contribution in [0, 0.1) is 15.9 Å². The van der Waals surface area contributed by atoms with Gasteiger partial charge < -0.3 is 4.42 Å². The highest BCUT2D eigenvalue weighted by Crippen LogP contribution is 2.27. The van der Waals surface area contributed by atoms with E-state index in [1.54, 1.807) is 12.1 Å². The van der Waals surface area contributed by atoms with Gasteiger partial charge in [0, 0.05) is 0 Å². The Hall–Kier alpha value is -2.26. The highest BCUT2D eigenvalue weighted by Gasteiger charge is 2.30. The quantitative estimate of drug-likeness (QED) is 0.674. The van der Waals surface area contributed by atoms with Crippen LogP contribution in [0.5, 0.6) is 0 Å². The van der Waals surface area contributed by atoms with Crippen LogP contribution in [0.1, 0.15) is 18.7 Å². The Bertz CT molecular complexity index is 758. The molecule has 2 rings (SSSR count). The van der Waals surface area contributed by atoms with Gasteiger partial charge in [-0.05, 0) is 31.2 Å². The van der Waals surface area contributed by atoms with Crippen molar-refractivity contribution in [2.75, 3.05) is 0 Å². The highest BCUT2D eigenvalue weighted by molar-refractivity contribution is 7.89. The van der Waals surface area contributed by atoms with Crippen LogP contribution in [0.2, 0.25) is 0 Å². The zero-order chi connectivity index (χ0) is 15.6. The fourth-order valence-electron chi connectivity index (χ4n) is 1.78. The maximum Gasteiger partial charge on any atom is 0.324 e. The molecule has 1 heterocycles. The number of para-hydroxylation sites is 1. The van der Waals surface area contributed by atoms with Crippen LogP contribution in [0.3, 0.4) is 0 Å². The normalized spacial score (nSPS) is 13.0. The highest BCUT2D eigenvalue weighted by atomic mass is 32.2. The smallest absolute Gasteiger partial charge is 0.324 e. The summed E-state index contributed by atoms with van der Waals surface area (Å²) in [5, 5.41) is 10.9. The minimum absolute atomic E-state index is 0.331. The molecule has 0 saturated heterocycles. The van der Waals surface area contributed by atoms with Gasteiger partial charge in [-0.1, -0.05) is 6.07 Å². The Kier molecular flexibility index (Phi) is 4.05. The number of nitrogens with zero attached hydrogens (tertiary/aromatic N) is 1. The van der Waals surface area contributed by atoms with Gasteiger partial charge in [0.2, 0.25) is 15.8 Å². The SMILES string of the molecule is CC(NS(=O)(=O)c1cccc(F)c1[N+](=O)[O-])c1ccco1. The van der Waals surface area contributed by atoms with Gasteiger partial charge in [0.15, 0.2) is 4.90 Å². The Morgan fingerprint density at radius 1 is 1.33 bits per heavy atom. The van der Waals surface area contributed by atoms with Crippen molar-refractivity contribution in [3.8, 4) is 0 Å². The van der Waals surface area contributed by atoms with E-state index in [0.29, 0.717) is 5.76 Å². The van der Waals surface area contributed by atoms with Crippen LogP contribution in [-0.4, -0.2) is 13.3 Å². The maximum absolute atomic E-state index is 13.5. The van der Waals surface area contributed by atoms with Crippen molar-refractivity contribution in [2.45, 2.75) is 17.9 Å². The predicted molar refractivity (Wildman–Crippen MR) is 70.5 cm³/mol. The molecule has 1 aromatic carbocycles. The number of benzene rings is 1. The first-order valence-electron chi connectivity index (χ1n) is 5.81. The van der Waals surface area contributed by atoms with Crippen LogP contribution < -0.4 is 4.72 Å². The summed E-state index contributed by atoms with van der Waals surface area (Å²) in [4.78, 5) is 9.06. The van der Waals surface area contributed by atoms with Crippen molar-refractivity contribution >= 4 is 15.7 Å². The third-order valence-corrected chi connectivity index (χ3v) is 4.30. The summed E-state index contributed by atoms with van der Waals surface area (Å²) < 4.78 is 45.1. The second-order valence-corrected chi connectivity index (χ2v) is 5.88. The van der Waals surface area contributed by atoms with Gasteiger partial charge in [0.05, 0.1) is 17.2 Å². The third-order valence-electron chi connectivity index (χ3n) is 2.72. The monoisotopic (exact) mass is 314 g/mol. The summed E-state index contributed by atoms with van der Waals surface area (Å²) in [5.74, 6) is -0.883. The lowest BCUT2D eigenvalue weighted by Gasteiger charge is -2.12. The van der Waals surface area contributed by atoms with Crippen LogP contribution in [-0.2, 0) is 10.0 Å². The second kappa shape index (κ2) is 5.62. The Labute approximate surface area is 119 Å². The summed E-state index contributed by atoms with van der Waals surface area (Å²) in [6.45, 7) is 1.50. The molecule has 0 saturated carbocycles. The molecule has 1 unspecified atom stereocenters. The molecule has 0 bridgehead atoms. The van der Waals surface area contributed by atoms with E-state index >= 15 is 0 Å². The van der Waals surface area contributed by atoms with Crippen molar-refractivity contribution in [3.05, 3.63) is 58.3 Å². The molecular weight excluding hydrogens is 303 g/mol. The lowest BCUT2D eigenvalue weighted by atomic mass is 10.3. The average molecular weight is 314 g/mol. The number of furan rings is 1. The number of rotatable bonds is 5. The number of nitro groups is 1. The van der Waals surface area contributed by atoms with Crippen LogP contribution in [0.25, 0.3) is 0 Å². The second-order valence-electron chi connectivity index (χ2n) is 4.20. The summed E-state index contributed by atoms with van der Waals surface area (Å²) in [6.07, 6.45) is 1.37. The third kappa shape index (κ3) is 3.09. The summed E-state index contributed by atoms with van der Waals surface area (Å²) in [7, 11) is -4.28. The Morgan fingerprint density at radius 3 is 2.62 bits per heavy atom. The number of sulfonamides is 1. The van der Waals surface area contributed by atoms with Gasteiger partial charge in [-0.15, -0.1) is 0 Å². The van der Waals surface area contributed by atoms with Gasteiger partial charge in [-0.3, -0.25) is 10.1 Å². The minimum Gasteiger partial charge on any atom is -0.468 e. The summed E-state index contributed by atoms with van der Waals surface area (Å²) >= 11 is 0. The molecule has 0 aliphatic rings. The van der Waals surface area contributed by atoms with Gasteiger partial charge in [-0.2, -0.15) is 4.39 Å². The molecule has 0 aliphatic carbocycles. The number of nitro benzene ring substituents is 1. The van der Waals surface area contributed by atoms with E-state index in [2.05, 4.69) is 4.72 Å². The lowest BCUT2D eigenvalue weighted by molar-refractivity contribution is -0.390. The molecule has 21 heavy (non-hydrogen) atoms. The predicted octanol–water partition coefficient (Wildman–Crippen LogP) is 2.37. The maximum atomic E-state index is 13.5. The molecule has 112 valence electrons. The molecule has 0 aliphatic heterocycles. The van der Waals surface area contributed by atoms with E-state index in [4.69, 9.17) is 4.42 Å². The molecule has 9 heteroatoms. The van der Waals surface area contributed by atoms with Gasteiger partial charge in [-0.25, -0.2) is 13.1 Å². The standard InChI is InChI=1S/C12H11FN2O5S/c1-8(10-5-3-7-20-10)14-21(18,19)11-6-2-4-9(13)12(11)15(16)17/h2-8,14H,1H3. The zero-order valence-electron chi connectivity index (χ0n) is 10.8. The van der Waals surface area contributed by atoms with Crippen molar-refractivity contribution in [1.29, 1.82) is 0 Å². The van der Waals surface area contributed by atoms with Crippen LogP contribution in [0.4, 0.5) is 10.1 Å². The molecule has 1 N–H and O–H groups in total. The Morgan fingerprint density at radius 2 is 2.05 bits per heavy atom. The van der Waals surface area contributed by atoms with E-state index in [0.717, 1.165) is 18.2 Å². The molecule has 0 amide bonds. The molecule has 7 nitrogen and oxygen atoms in total. The molecular formula is C12H11FN2O5S. The number of halogens is 1. The van der Waals surface area contributed by atoms with E-state index in [9.17, 15) is 22.9 Å². The molecule has 1 aromatic heterocycles. The van der Waals surface area contributed by atoms with Gasteiger partial charge in [0.1, 0.15) is 5.76 Å². The fourth-order valence-corrected chi connectivity index (χ4v) is 3.17. The Balaban J connectivity index is 2.41.